The summed E-state index contributed by atoms with van der Waals surface area (Å²) in [5.41, 5.74) is 1.71. The molecule has 1 amide bonds. The highest BCUT2D eigenvalue weighted by atomic mass is 16.6. The standard InChI is InChI=1S/C19H18N4O4/c24-19(17-6-7-18(27-17)23(25)26)21-15-4-5-16(22-10-2-1-3-11-22)13-8-9-20-12-14(13)15/h4-9,12H,1-3,10-11H2,(H,21,24). The first kappa shape index (κ1) is 17.0. The van der Waals surface area contributed by atoms with Crippen molar-refractivity contribution in [3.8, 4) is 0 Å². The minimum atomic E-state index is -0.677. The topological polar surface area (TPSA) is 102 Å². The number of nitrogens with one attached hydrogen (secondary N) is 1. The SMILES string of the molecule is O=C(Nc1ccc(N2CCCCC2)c2ccncc12)c1ccc([N+](=O)[O-])o1. The van der Waals surface area contributed by atoms with Gasteiger partial charge < -0.3 is 14.6 Å². The normalized spacial score (nSPS) is 14.3. The second kappa shape index (κ2) is 7.06. The van der Waals surface area contributed by atoms with Gasteiger partial charge in [0.25, 0.3) is 5.91 Å². The Bertz CT molecular complexity index is 1010. The predicted octanol–water partition coefficient (Wildman–Crippen LogP) is 3.98. The molecule has 0 aliphatic carbocycles. The van der Waals surface area contributed by atoms with Crippen LogP contribution in [-0.4, -0.2) is 28.9 Å². The molecule has 2 aromatic heterocycles. The first-order chi connectivity index (χ1) is 13.1. The van der Waals surface area contributed by atoms with Gasteiger partial charge in [-0.15, -0.1) is 0 Å². The average molecular weight is 366 g/mol. The molecule has 0 atom stereocenters. The number of nitro groups is 1. The zero-order valence-corrected chi connectivity index (χ0v) is 14.6. The third kappa shape index (κ3) is 3.33. The Balaban J connectivity index is 1.66. The minimum Gasteiger partial charge on any atom is -0.395 e. The zero-order chi connectivity index (χ0) is 18.8. The van der Waals surface area contributed by atoms with Crippen LogP contribution in [0.4, 0.5) is 17.3 Å². The molecule has 1 N–H and O–H groups in total. The lowest BCUT2D eigenvalue weighted by molar-refractivity contribution is -0.402. The van der Waals surface area contributed by atoms with Crippen LogP contribution in [0.25, 0.3) is 10.8 Å². The van der Waals surface area contributed by atoms with E-state index in [1.807, 2.05) is 18.2 Å². The van der Waals surface area contributed by atoms with E-state index in [4.69, 9.17) is 4.42 Å². The number of carbonyl (C=O) groups excluding carboxylic acids is 1. The molecular formula is C19H18N4O4. The quantitative estimate of drug-likeness (QED) is 0.553. The molecule has 8 heteroatoms. The van der Waals surface area contributed by atoms with Crippen LogP contribution in [0.2, 0.25) is 0 Å². The van der Waals surface area contributed by atoms with Gasteiger partial charge in [-0.3, -0.25) is 19.9 Å². The molecule has 27 heavy (non-hydrogen) atoms. The van der Waals surface area contributed by atoms with Gasteiger partial charge in [0.1, 0.15) is 4.92 Å². The summed E-state index contributed by atoms with van der Waals surface area (Å²) in [7, 11) is 0. The molecule has 1 saturated heterocycles. The van der Waals surface area contributed by atoms with E-state index >= 15 is 0 Å². The van der Waals surface area contributed by atoms with Crippen LogP contribution in [0, 0.1) is 10.1 Å². The van der Waals surface area contributed by atoms with E-state index in [1.165, 1.54) is 25.3 Å². The van der Waals surface area contributed by atoms with E-state index in [9.17, 15) is 14.9 Å². The van der Waals surface area contributed by atoms with Gasteiger partial charge in [0.2, 0.25) is 0 Å². The van der Waals surface area contributed by atoms with Crippen molar-refractivity contribution in [1.82, 2.24) is 4.98 Å². The van der Waals surface area contributed by atoms with Crippen LogP contribution in [0.15, 0.2) is 47.1 Å². The number of piperidine rings is 1. The number of hydrogen-bond acceptors (Lipinski definition) is 6. The number of aromatic nitrogens is 1. The highest BCUT2D eigenvalue weighted by Gasteiger charge is 2.19. The number of carbonyl (C=O) groups is 1. The number of hydrogen-bond donors (Lipinski definition) is 1. The van der Waals surface area contributed by atoms with Crippen molar-refractivity contribution in [2.75, 3.05) is 23.3 Å². The van der Waals surface area contributed by atoms with Crippen LogP contribution in [-0.2, 0) is 0 Å². The highest BCUT2D eigenvalue weighted by Crippen LogP contribution is 2.33. The highest BCUT2D eigenvalue weighted by molar-refractivity contribution is 6.10. The lowest BCUT2D eigenvalue weighted by Gasteiger charge is -2.30. The van der Waals surface area contributed by atoms with Crippen LogP contribution in [0.1, 0.15) is 29.8 Å². The molecule has 3 aromatic rings. The Morgan fingerprint density at radius 1 is 1.11 bits per heavy atom. The van der Waals surface area contributed by atoms with E-state index in [0.717, 1.165) is 35.6 Å². The Morgan fingerprint density at radius 3 is 2.67 bits per heavy atom. The maximum absolute atomic E-state index is 12.4. The summed E-state index contributed by atoms with van der Waals surface area (Å²) in [6, 6.07) is 8.22. The van der Waals surface area contributed by atoms with Crippen LogP contribution >= 0.6 is 0 Å². The van der Waals surface area contributed by atoms with Crippen LogP contribution in [0.3, 0.4) is 0 Å². The third-order valence-corrected chi connectivity index (χ3v) is 4.74. The van der Waals surface area contributed by atoms with E-state index in [1.54, 1.807) is 12.4 Å². The monoisotopic (exact) mass is 366 g/mol. The summed E-state index contributed by atoms with van der Waals surface area (Å²) in [5.74, 6) is -1.12. The van der Waals surface area contributed by atoms with Crippen molar-refractivity contribution >= 4 is 33.9 Å². The van der Waals surface area contributed by atoms with E-state index in [2.05, 4.69) is 15.2 Å². The first-order valence-electron chi connectivity index (χ1n) is 8.81. The molecule has 3 heterocycles. The van der Waals surface area contributed by atoms with Crippen molar-refractivity contribution in [3.05, 3.63) is 58.6 Å². The molecular weight excluding hydrogens is 348 g/mol. The maximum Gasteiger partial charge on any atom is 0.433 e. The molecule has 1 fully saturated rings. The van der Waals surface area contributed by atoms with Crippen LogP contribution < -0.4 is 10.2 Å². The first-order valence-corrected chi connectivity index (χ1v) is 8.81. The second-order valence-corrected chi connectivity index (χ2v) is 6.45. The molecule has 1 aromatic carbocycles. The van der Waals surface area contributed by atoms with Crippen molar-refractivity contribution in [3.63, 3.8) is 0 Å². The Morgan fingerprint density at radius 2 is 1.93 bits per heavy atom. The molecule has 1 aliphatic rings. The number of benzene rings is 1. The Hall–Kier alpha value is -3.42. The Labute approximate surface area is 154 Å². The van der Waals surface area contributed by atoms with E-state index in [0.29, 0.717) is 5.69 Å². The molecule has 0 saturated carbocycles. The van der Waals surface area contributed by atoms with Gasteiger partial charge >= 0.3 is 5.88 Å². The van der Waals surface area contributed by atoms with Gasteiger partial charge in [-0.1, -0.05) is 0 Å². The molecule has 0 spiro atoms. The summed E-state index contributed by atoms with van der Waals surface area (Å²) in [6.45, 7) is 2.03. The second-order valence-electron chi connectivity index (χ2n) is 6.45. The van der Waals surface area contributed by atoms with Crippen molar-refractivity contribution < 1.29 is 14.1 Å². The fraction of sp³-hybridized carbons (Fsp3) is 0.263. The minimum absolute atomic E-state index is 0.112. The number of pyridine rings is 1. The third-order valence-electron chi connectivity index (χ3n) is 4.74. The maximum atomic E-state index is 12.4. The number of amides is 1. The number of fused-ring (bicyclic) bond motifs is 1. The predicted molar refractivity (Wildman–Crippen MR) is 101 cm³/mol. The van der Waals surface area contributed by atoms with Gasteiger partial charge in [0.15, 0.2) is 5.76 Å². The molecule has 0 bridgehead atoms. The molecule has 8 nitrogen and oxygen atoms in total. The van der Waals surface area contributed by atoms with Gasteiger partial charge in [-0.2, -0.15) is 0 Å². The summed E-state index contributed by atoms with van der Waals surface area (Å²) in [5, 5.41) is 15.3. The van der Waals surface area contributed by atoms with Gasteiger partial charge in [-0.25, -0.2) is 0 Å². The van der Waals surface area contributed by atoms with E-state index < -0.39 is 16.7 Å². The van der Waals surface area contributed by atoms with Crippen molar-refractivity contribution in [1.29, 1.82) is 0 Å². The van der Waals surface area contributed by atoms with Crippen LogP contribution in [0.5, 0.6) is 0 Å². The molecule has 0 unspecified atom stereocenters. The zero-order valence-electron chi connectivity index (χ0n) is 14.6. The van der Waals surface area contributed by atoms with Crippen molar-refractivity contribution in [2.45, 2.75) is 19.3 Å². The smallest absolute Gasteiger partial charge is 0.395 e. The lowest BCUT2D eigenvalue weighted by Crippen LogP contribution is -2.29. The molecule has 138 valence electrons. The Kier molecular flexibility index (Phi) is 4.45. The van der Waals surface area contributed by atoms with Gasteiger partial charge in [0.05, 0.1) is 11.8 Å². The van der Waals surface area contributed by atoms with Gasteiger partial charge in [0, 0.05) is 41.9 Å². The summed E-state index contributed by atoms with van der Waals surface area (Å²) in [4.78, 5) is 29.0. The average Bonchev–Trinajstić information content (AvgIpc) is 3.20. The fourth-order valence-corrected chi connectivity index (χ4v) is 3.43. The largest absolute Gasteiger partial charge is 0.433 e. The number of furan rings is 1. The molecule has 1 aliphatic heterocycles. The number of nitrogens with zero attached hydrogens (tertiary/aromatic N) is 3. The molecule has 0 radical (unpaired) electrons. The molecule has 4 rings (SSSR count). The summed E-state index contributed by atoms with van der Waals surface area (Å²) in [6.07, 6.45) is 7.03. The number of anilines is 2. The van der Waals surface area contributed by atoms with E-state index in [-0.39, 0.29) is 5.76 Å². The fourth-order valence-electron chi connectivity index (χ4n) is 3.43. The summed E-state index contributed by atoms with van der Waals surface area (Å²) < 4.78 is 4.98. The lowest BCUT2D eigenvalue weighted by atomic mass is 10.1. The summed E-state index contributed by atoms with van der Waals surface area (Å²) >= 11 is 0. The van der Waals surface area contributed by atoms with Gasteiger partial charge in [-0.05, 0) is 43.5 Å². The van der Waals surface area contributed by atoms with Crippen molar-refractivity contribution in [2.24, 2.45) is 0 Å². The number of rotatable bonds is 4.